The summed E-state index contributed by atoms with van der Waals surface area (Å²) >= 11 is 10.9. The first-order valence-electron chi connectivity index (χ1n) is 24.6. The minimum absolute atomic E-state index is 0.0612. The molecule has 0 saturated heterocycles. The number of hydrogen-bond acceptors (Lipinski definition) is 6. The Morgan fingerprint density at radius 1 is 0.367 bits per heavy atom. The molecule has 0 bridgehead atoms. The van der Waals surface area contributed by atoms with Gasteiger partial charge in [-0.3, -0.25) is 0 Å². The zero-order chi connectivity index (χ0) is 42.0. The SMILES string of the molecule is CCCCCCCCC1(CCCCCCCC)c2cc3c(cc2-c2c1cc(Br)c1nsnc21)C(CCCCCCCC)(CCCCCCCC)c1cc(Br)c2nsnc2c1-3. The molecule has 5 aromatic rings. The van der Waals surface area contributed by atoms with E-state index in [1.165, 1.54) is 237 Å². The van der Waals surface area contributed by atoms with Crippen LogP contribution >= 0.6 is 55.3 Å². The molecule has 0 aliphatic heterocycles. The van der Waals surface area contributed by atoms with E-state index in [0.29, 0.717) is 0 Å². The standard InChI is InChI=1S/C52H72Br2N4S2/c1-5-9-13-17-21-25-29-51(30-26-22-18-14-10-6-2)39-33-38-40(34-37(39)45-41(51)35-43(53)47-49(45)57-59-55-47)52(31-27-23-19-15-11-7-3,32-28-24-20-16-12-8-4)42-36-44(54)48-50(46(38)42)58-60-56-48/h33-36H,5-32H2,1-4H3. The van der Waals surface area contributed by atoms with Crippen molar-refractivity contribution in [3.63, 3.8) is 0 Å². The van der Waals surface area contributed by atoms with Gasteiger partial charge in [0.2, 0.25) is 0 Å². The zero-order valence-corrected chi connectivity index (χ0v) is 42.3. The van der Waals surface area contributed by atoms with E-state index in [-0.39, 0.29) is 10.8 Å². The fraction of sp³-hybridized carbons (Fsp3) is 0.654. The molecule has 0 unspecified atom stereocenters. The van der Waals surface area contributed by atoms with Crippen LogP contribution in [-0.2, 0) is 10.8 Å². The van der Waals surface area contributed by atoms with Gasteiger partial charge in [-0.25, -0.2) is 0 Å². The van der Waals surface area contributed by atoms with E-state index in [1.807, 2.05) is 0 Å². The average molecular weight is 977 g/mol. The highest BCUT2D eigenvalue weighted by atomic mass is 79.9. The van der Waals surface area contributed by atoms with Crippen molar-refractivity contribution < 1.29 is 0 Å². The van der Waals surface area contributed by atoms with Gasteiger partial charge in [0.1, 0.15) is 22.1 Å². The molecule has 2 heterocycles. The van der Waals surface area contributed by atoms with Crippen LogP contribution in [0.2, 0.25) is 0 Å². The molecule has 0 atom stereocenters. The summed E-state index contributed by atoms with van der Waals surface area (Å²) in [5.74, 6) is 0. The molecule has 8 heteroatoms. The summed E-state index contributed by atoms with van der Waals surface area (Å²) in [5, 5.41) is 0. The van der Waals surface area contributed by atoms with Gasteiger partial charge in [0.05, 0.1) is 23.5 Å². The Morgan fingerprint density at radius 2 is 0.650 bits per heavy atom. The Morgan fingerprint density at radius 3 is 0.967 bits per heavy atom. The Hall–Kier alpha value is -1.74. The number of unbranched alkanes of at least 4 members (excludes halogenated alkanes) is 20. The molecule has 3 aromatic carbocycles. The lowest BCUT2D eigenvalue weighted by Gasteiger charge is -2.35. The highest BCUT2D eigenvalue weighted by Gasteiger charge is 2.49. The molecule has 0 radical (unpaired) electrons. The summed E-state index contributed by atoms with van der Waals surface area (Å²) in [5.41, 5.74) is 15.9. The third-order valence-electron chi connectivity index (χ3n) is 14.6. The molecule has 2 aliphatic rings. The summed E-state index contributed by atoms with van der Waals surface area (Å²) < 4.78 is 22.3. The Balaban J connectivity index is 1.41. The van der Waals surface area contributed by atoms with Crippen LogP contribution in [0.3, 0.4) is 0 Å². The average Bonchev–Trinajstić information content (AvgIpc) is 4.04. The first kappa shape index (κ1) is 46.3. The molecular formula is C52H72Br2N4S2. The minimum Gasteiger partial charge on any atom is -0.172 e. The fourth-order valence-corrected chi connectivity index (χ4v) is 13.7. The first-order valence-corrected chi connectivity index (χ1v) is 27.6. The minimum atomic E-state index is -0.0612. The molecule has 0 amide bonds. The first-order chi connectivity index (χ1) is 29.5. The topological polar surface area (TPSA) is 51.6 Å². The molecule has 0 fully saturated rings. The predicted molar refractivity (Wildman–Crippen MR) is 268 cm³/mol. The summed E-state index contributed by atoms with van der Waals surface area (Å²) in [4.78, 5) is 0. The monoisotopic (exact) mass is 974 g/mol. The second-order valence-corrected chi connectivity index (χ2v) is 21.4. The van der Waals surface area contributed by atoms with Gasteiger partial charge in [-0.15, -0.1) is 0 Å². The lowest BCUT2D eigenvalue weighted by molar-refractivity contribution is 0.394. The predicted octanol–water partition coefficient (Wildman–Crippen LogP) is 18.8. The molecular weight excluding hydrogens is 905 g/mol. The van der Waals surface area contributed by atoms with Crippen LogP contribution in [0.1, 0.15) is 230 Å². The Bertz CT molecular complexity index is 1970. The van der Waals surface area contributed by atoms with E-state index in [2.05, 4.69) is 83.8 Å². The number of aromatic nitrogens is 4. The van der Waals surface area contributed by atoms with Crippen molar-refractivity contribution in [1.82, 2.24) is 17.5 Å². The van der Waals surface area contributed by atoms with Crippen molar-refractivity contribution in [2.24, 2.45) is 0 Å². The lowest BCUT2D eigenvalue weighted by Crippen LogP contribution is -2.27. The summed E-state index contributed by atoms with van der Waals surface area (Å²) in [6.45, 7) is 9.31. The van der Waals surface area contributed by atoms with Crippen LogP contribution in [0.15, 0.2) is 33.2 Å². The van der Waals surface area contributed by atoms with Gasteiger partial charge in [-0.05, 0) is 115 Å². The number of hydrogen-bond donors (Lipinski definition) is 0. The van der Waals surface area contributed by atoms with Gasteiger partial charge in [0.25, 0.3) is 0 Å². The maximum absolute atomic E-state index is 5.14. The van der Waals surface area contributed by atoms with Crippen molar-refractivity contribution in [1.29, 1.82) is 0 Å². The molecule has 4 nitrogen and oxygen atoms in total. The fourth-order valence-electron chi connectivity index (χ4n) is 11.4. The smallest absolute Gasteiger partial charge is 0.119 e. The van der Waals surface area contributed by atoms with Gasteiger partial charge < -0.3 is 0 Å². The highest BCUT2D eigenvalue weighted by molar-refractivity contribution is 9.11. The quantitative estimate of drug-likeness (QED) is 0.0469. The van der Waals surface area contributed by atoms with Crippen LogP contribution in [0.5, 0.6) is 0 Å². The molecule has 2 aromatic heterocycles. The van der Waals surface area contributed by atoms with E-state index in [1.54, 1.807) is 11.1 Å². The van der Waals surface area contributed by atoms with Crippen LogP contribution in [0.4, 0.5) is 0 Å². The lowest BCUT2D eigenvalue weighted by atomic mass is 9.68. The van der Waals surface area contributed by atoms with Crippen molar-refractivity contribution in [3.05, 3.63) is 55.5 Å². The second kappa shape index (κ2) is 22.2. The van der Waals surface area contributed by atoms with Gasteiger partial charge in [-0.2, -0.15) is 17.5 Å². The Kier molecular flexibility index (Phi) is 17.2. The summed E-state index contributed by atoms with van der Waals surface area (Å²) in [6.07, 6.45) is 36.2. The number of nitrogens with zero attached hydrogens (tertiary/aromatic N) is 4. The number of halogens is 2. The van der Waals surface area contributed by atoms with Crippen LogP contribution < -0.4 is 0 Å². The van der Waals surface area contributed by atoms with Gasteiger partial charge in [0.15, 0.2) is 0 Å². The molecule has 7 rings (SSSR count). The van der Waals surface area contributed by atoms with E-state index in [4.69, 9.17) is 17.5 Å². The van der Waals surface area contributed by atoms with Crippen molar-refractivity contribution >= 4 is 77.4 Å². The number of fused-ring (bicyclic) bond motifs is 10. The van der Waals surface area contributed by atoms with Crippen LogP contribution in [-0.4, -0.2) is 17.5 Å². The van der Waals surface area contributed by atoms with E-state index in [9.17, 15) is 0 Å². The largest absolute Gasteiger partial charge is 0.172 e. The molecule has 60 heavy (non-hydrogen) atoms. The molecule has 0 N–H and O–H groups in total. The van der Waals surface area contributed by atoms with Crippen molar-refractivity contribution in [2.45, 2.75) is 218 Å². The maximum Gasteiger partial charge on any atom is 0.119 e. The highest BCUT2D eigenvalue weighted by Crippen LogP contribution is 2.63. The molecule has 326 valence electrons. The normalized spacial score (nSPS) is 14.6. The van der Waals surface area contributed by atoms with E-state index < -0.39 is 0 Å². The molecule has 0 spiro atoms. The second-order valence-electron chi connectivity index (χ2n) is 18.7. The van der Waals surface area contributed by atoms with Crippen molar-refractivity contribution in [3.8, 4) is 22.3 Å². The van der Waals surface area contributed by atoms with E-state index in [0.717, 1.165) is 31.0 Å². The Labute approximate surface area is 388 Å². The third kappa shape index (κ3) is 9.53. The summed E-state index contributed by atoms with van der Waals surface area (Å²) in [7, 11) is 0. The molecule has 2 aliphatic carbocycles. The zero-order valence-electron chi connectivity index (χ0n) is 37.5. The maximum atomic E-state index is 5.14. The van der Waals surface area contributed by atoms with Crippen LogP contribution in [0, 0.1) is 0 Å². The van der Waals surface area contributed by atoms with E-state index >= 15 is 0 Å². The molecule has 0 saturated carbocycles. The van der Waals surface area contributed by atoms with Gasteiger partial charge >= 0.3 is 0 Å². The van der Waals surface area contributed by atoms with Gasteiger partial charge in [-0.1, -0.05) is 182 Å². The third-order valence-corrected chi connectivity index (χ3v) is 16.8. The number of benzene rings is 3. The van der Waals surface area contributed by atoms with Crippen molar-refractivity contribution in [2.75, 3.05) is 0 Å². The number of rotatable bonds is 28. The van der Waals surface area contributed by atoms with Crippen LogP contribution in [0.25, 0.3) is 44.3 Å². The van der Waals surface area contributed by atoms with Gasteiger partial charge in [0, 0.05) is 30.9 Å². The summed E-state index contributed by atoms with van der Waals surface area (Å²) in [6, 6.07) is 10.4.